The molecule has 0 aliphatic rings. The molecule has 0 saturated heterocycles. The highest BCUT2D eigenvalue weighted by atomic mass is 16.7. The van der Waals surface area contributed by atoms with Gasteiger partial charge in [0.1, 0.15) is 0 Å². The summed E-state index contributed by atoms with van der Waals surface area (Å²) in [7, 11) is 3.48. The highest BCUT2D eigenvalue weighted by molar-refractivity contribution is 5.68. The SMILES string of the molecule is CCCCCCCCCCCCCCCC(=O)ON(C)C.CCCN. The van der Waals surface area contributed by atoms with Crippen molar-refractivity contribution in [2.45, 2.75) is 110 Å². The number of rotatable bonds is 16. The fraction of sp³-hybridized carbons (Fsp3) is 0.952. The zero-order valence-electron chi connectivity index (χ0n) is 17.7. The van der Waals surface area contributed by atoms with Crippen LogP contribution >= 0.6 is 0 Å². The Labute approximate surface area is 157 Å². The fourth-order valence-corrected chi connectivity index (χ4v) is 2.54. The van der Waals surface area contributed by atoms with Gasteiger partial charge in [-0.15, -0.1) is 5.06 Å². The standard InChI is InChI=1S/C18H37NO2.C3H9N/c1-4-5-6-7-8-9-10-11-12-13-14-15-16-17-18(20)21-19(2)3;1-2-3-4/h4-17H2,1-3H3;2-4H2,1H3. The second kappa shape index (κ2) is 23.4. The Hall–Kier alpha value is -0.610. The molecule has 0 radical (unpaired) electrons. The molecular formula is C21H46N2O2. The van der Waals surface area contributed by atoms with E-state index in [1.165, 1.54) is 75.7 Å². The molecular weight excluding hydrogens is 312 g/mol. The predicted octanol–water partition coefficient (Wildman–Crippen LogP) is 5.84. The van der Waals surface area contributed by atoms with E-state index in [4.69, 9.17) is 10.6 Å². The summed E-state index contributed by atoms with van der Waals surface area (Å²) < 4.78 is 0. The van der Waals surface area contributed by atoms with Crippen molar-refractivity contribution in [2.24, 2.45) is 5.73 Å². The summed E-state index contributed by atoms with van der Waals surface area (Å²) in [5.41, 5.74) is 5.03. The first-order chi connectivity index (χ1) is 12.1. The minimum Gasteiger partial charge on any atom is -0.369 e. The van der Waals surface area contributed by atoms with Crippen LogP contribution in [0.3, 0.4) is 0 Å². The number of hydroxylamine groups is 2. The van der Waals surface area contributed by atoms with Crippen molar-refractivity contribution in [3.05, 3.63) is 0 Å². The van der Waals surface area contributed by atoms with E-state index in [0.717, 1.165) is 25.8 Å². The lowest BCUT2D eigenvalue weighted by molar-refractivity contribution is -0.178. The number of nitrogens with zero attached hydrogens (tertiary/aromatic N) is 1. The smallest absolute Gasteiger partial charge is 0.325 e. The lowest BCUT2D eigenvalue weighted by atomic mass is 10.0. The molecule has 0 saturated carbocycles. The number of nitrogens with two attached hydrogens (primary N) is 1. The third-order valence-electron chi connectivity index (χ3n) is 4.06. The van der Waals surface area contributed by atoms with Crippen molar-refractivity contribution < 1.29 is 9.63 Å². The van der Waals surface area contributed by atoms with Crippen molar-refractivity contribution in [1.29, 1.82) is 0 Å². The molecule has 4 nitrogen and oxygen atoms in total. The van der Waals surface area contributed by atoms with E-state index in [2.05, 4.69) is 13.8 Å². The second-order valence-electron chi connectivity index (χ2n) is 7.06. The molecule has 0 aliphatic carbocycles. The quantitative estimate of drug-likeness (QED) is 0.278. The van der Waals surface area contributed by atoms with Crippen LogP contribution in [-0.2, 0) is 9.63 Å². The Balaban J connectivity index is 0. The lowest BCUT2D eigenvalue weighted by Gasteiger charge is -2.09. The maximum Gasteiger partial charge on any atom is 0.325 e. The molecule has 0 atom stereocenters. The molecule has 4 heteroatoms. The molecule has 25 heavy (non-hydrogen) atoms. The lowest BCUT2D eigenvalue weighted by Crippen LogP contribution is -2.18. The van der Waals surface area contributed by atoms with E-state index in [1.54, 1.807) is 14.1 Å². The Morgan fingerprint density at radius 3 is 1.40 bits per heavy atom. The van der Waals surface area contributed by atoms with E-state index in [0.29, 0.717) is 6.42 Å². The largest absolute Gasteiger partial charge is 0.369 e. The molecule has 0 fully saturated rings. The molecule has 0 aromatic carbocycles. The van der Waals surface area contributed by atoms with Crippen molar-refractivity contribution in [3.63, 3.8) is 0 Å². The number of hydrogen-bond acceptors (Lipinski definition) is 4. The third-order valence-corrected chi connectivity index (χ3v) is 4.06. The highest BCUT2D eigenvalue weighted by Crippen LogP contribution is 2.13. The molecule has 0 bridgehead atoms. The summed E-state index contributed by atoms with van der Waals surface area (Å²) in [6, 6.07) is 0. The van der Waals surface area contributed by atoms with Gasteiger partial charge in [-0.1, -0.05) is 90.9 Å². The topological polar surface area (TPSA) is 55.6 Å². The van der Waals surface area contributed by atoms with Crippen LogP contribution in [0.25, 0.3) is 0 Å². The Kier molecular flexibility index (Phi) is 24.9. The Morgan fingerprint density at radius 1 is 0.720 bits per heavy atom. The van der Waals surface area contributed by atoms with E-state index < -0.39 is 0 Å². The molecule has 0 amide bonds. The number of carbonyl (C=O) groups is 1. The molecule has 0 aromatic rings. The summed E-state index contributed by atoms with van der Waals surface area (Å²) >= 11 is 0. The van der Waals surface area contributed by atoms with Gasteiger partial charge in [0.05, 0.1) is 0 Å². The normalized spacial score (nSPS) is 10.5. The van der Waals surface area contributed by atoms with Gasteiger partial charge in [-0.3, -0.25) is 4.79 Å². The molecule has 0 rings (SSSR count). The van der Waals surface area contributed by atoms with Gasteiger partial charge in [0, 0.05) is 20.5 Å². The molecule has 0 heterocycles. The maximum absolute atomic E-state index is 11.3. The summed E-state index contributed by atoms with van der Waals surface area (Å²) in [6.45, 7) is 5.14. The van der Waals surface area contributed by atoms with Gasteiger partial charge in [-0.05, 0) is 19.4 Å². The maximum atomic E-state index is 11.3. The number of unbranched alkanes of at least 4 members (excludes halogenated alkanes) is 12. The van der Waals surface area contributed by atoms with Crippen LogP contribution in [0.5, 0.6) is 0 Å². The van der Waals surface area contributed by atoms with Crippen LogP contribution in [0.1, 0.15) is 110 Å². The molecule has 2 N–H and O–H groups in total. The second-order valence-corrected chi connectivity index (χ2v) is 7.06. The molecule has 0 aliphatic heterocycles. The van der Waals surface area contributed by atoms with E-state index in [9.17, 15) is 4.79 Å². The van der Waals surface area contributed by atoms with E-state index in [-0.39, 0.29) is 5.97 Å². The van der Waals surface area contributed by atoms with Crippen molar-refractivity contribution >= 4 is 5.97 Å². The minimum atomic E-state index is -0.108. The van der Waals surface area contributed by atoms with Crippen LogP contribution in [0, 0.1) is 0 Å². The first-order valence-electron chi connectivity index (χ1n) is 10.7. The monoisotopic (exact) mass is 358 g/mol. The third kappa shape index (κ3) is 28.5. The average Bonchev–Trinajstić information content (AvgIpc) is 2.58. The van der Waals surface area contributed by atoms with Gasteiger partial charge in [-0.25, -0.2) is 0 Å². The predicted molar refractivity (Wildman–Crippen MR) is 109 cm³/mol. The van der Waals surface area contributed by atoms with Crippen molar-refractivity contribution in [3.8, 4) is 0 Å². The van der Waals surface area contributed by atoms with Gasteiger partial charge < -0.3 is 10.6 Å². The summed E-state index contributed by atoms with van der Waals surface area (Å²) in [4.78, 5) is 16.2. The van der Waals surface area contributed by atoms with Gasteiger partial charge in [0.15, 0.2) is 0 Å². The fourth-order valence-electron chi connectivity index (χ4n) is 2.54. The van der Waals surface area contributed by atoms with Gasteiger partial charge in [0.25, 0.3) is 0 Å². The van der Waals surface area contributed by atoms with Crippen molar-refractivity contribution in [2.75, 3.05) is 20.6 Å². The highest BCUT2D eigenvalue weighted by Gasteiger charge is 2.03. The number of carbonyl (C=O) groups excluding carboxylic acids is 1. The summed E-state index contributed by atoms with van der Waals surface area (Å²) in [5.74, 6) is -0.108. The van der Waals surface area contributed by atoms with Gasteiger partial charge in [-0.2, -0.15) is 0 Å². The Morgan fingerprint density at radius 2 is 1.08 bits per heavy atom. The van der Waals surface area contributed by atoms with E-state index >= 15 is 0 Å². The van der Waals surface area contributed by atoms with Crippen LogP contribution in [-0.4, -0.2) is 31.7 Å². The summed E-state index contributed by atoms with van der Waals surface area (Å²) in [5, 5.41) is 1.46. The van der Waals surface area contributed by atoms with E-state index in [1.807, 2.05) is 0 Å². The molecule has 0 unspecified atom stereocenters. The first-order valence-corrected chi connectivity index (χ1v) is 10.7. The molecule has 0 spiro atoms. The zero-order valence-corrected chi connectivity index (χ0v) is 17.7. The van der Waals surface area contributed by atoms with Crippen LogP contribution in [0.15, 0.2) is 0 Å². The van der Waals surface area contributed by atoms with Gasteiger partial charge in [0.2, 0.25) is 0 Å². The van der Waals surface area contributed by atoms with Crippen LogP contribution in [0.2, 0.25) is 0 Å². The van der Waals surface area contributed by atoms with Gasteiger partial charge >= 0.3 is 5.97 Å². The van der Waals surface area contributed by atoms with Crippen LogP contribution in [0.4, 0.5) is 0 Å². The molecule has 0 aromatic heterocycles. The summed E-state index contributed by atoms with van der Waals surface area (Å²) in [6.07, 6.45) is 18.9. The first kappa shape index (κ1) is 26.6. The minimum absolute atomic E-state index is 0.108. The molecule has 152 valence electrons. The van der Waals surface area contributed by atoms with Crippen LogP contribution < -0.4 is 5.73 Å². The van der Waals surface area contributed by atoms with Crippen molar-refractivity contribution in [1.82, 2.24) is 5.06 Å². The Bertz CT molecular complexity index is 256. The average molecular weight is 359 g/mol. The number of hydrogen-bond donors (Lipinski definition) is 1. The zero-order chi connectivity index (χ0) is 19.2.